The fraction of sp³-hybridized carbons (Fsp3) is 0.438. The van der Waals surface area contributed by atoms with Crippen LogP contribution in [0.3, 0.4) is 0 Å². The topological polar surface area (TPSA) is 12.4 Å². The van der Waals surface area contributed by atoms with Crippen LogP contribution in [0.25, 0.3) is 6.08 Å². The van der Waals surface area contributed by atoms with Gasteiger partial charge in [-0.25, -0.2) is 0 Å². The molecule has 1 nitrogen and oxygen atoms in total. The van der Waals surface area contributed by atoms with Crippen molar-refractivity contribution < 1.29 is 0 Å². The van der Waals surface area contributed by atoms with E-state index in [1.165, 1.54) is 16.8 Å². The molecule has 1 heterocycles. The predicted molar refractivity (Wildman–Crippen MR) is 73.5 cm³/mol. The second-order valence-corrected chi connectivity index (χ2v) is 5.93. The van der Waals surface area contributed by atoms with Gasteiger partial charge in [-0.15, -0.1) is 0 Å². The Morgan fingerprint density at radius 1 is 1.12 bits per heavy atom. The third-order valence-corrected chi connectivity index (χ3v) is 5.11. The Kier molecular flexibility index (Phi) is 1.96. The average molecular weight is 225 g/mol. The number of aliphatic imine (C=N–C) groups is 1. The van der Waals surface area contributed by atoms with E-state index in [1.807, 2.05) is 0 Å². The zero-order chi connectivity index (χ0) is 12.3. The van der Waals surface area contributed by atoms with Gasteiger partial charge in [-0.05, 0) is 18.1 Å². The maximum Gasteiger partial charge on any atom is 0.0785 e. The van der Waals surface area contributed by atoms with Gasteiger partial charge in [-0.1, -0.05) is 57.2 Å². The SMILES string of the molecule is CC1=NC2C=Cc3ccccc3C2(C)C1(C)C. The molecule has 3 rings (SSSR count). The normalized spacial score (nSPS) is 32.9. The van der Waals surface area contributed by atoms with Crippen molar-refractivity contribution in [3.8, 4) is 0 Å². The molecule has 1 aromatic rings. The third-order valence-electron chi connectivity index (χ3n) is 5.11. The van der Waals surface area contributed by atoms with Crippen molar-refractivity contribution >= 4 is 11.8 Å². The molecule has 1 aliphatic carbocycles. The number of nitrogens with zero attached hydrogens (tertiary/aromatic N) is 1. The number of hydrogen-bond donors (Lipinski definition) is 0. The molecule has 0 bridgehead atoms. The van der Waals surface area contributed by atoms with Crippen molar-refractivity contribution in [1.82, 2.24) is 0 Å². The maximum atomic E-state index is 4.86. The molecule has 2 unspecified atom stereocenters. The lowest BCUT2D eigenvalue weighted by Gasteiger charge is -2.44. The Morgan fingerprint density at radius 2 is 1.82 bits per heavy atom. The van der Waals surface area contributed by atoms with Gasteiger partial charge in [0.1, 0.15) is 0 Å². The molecule has 1 aliphatic heterocycles. The van der Waals surface area contributed by atoms with Crippen LogP contribution < -0.4 is 0 Å². The molecule has 1 aromatic carbocycles. The van der Waals surface area contributed by atoms with E-state index in [9.17, 15) is 0 Å². The largest absolute Gasteiger partial charge is 0.285 e. The third kappa shape index (κ3) is 1.12. The number of rotatable bonds is 0. The van der Waals surface area contributed by atoms with Gasteiger partial charge in [0.25, 0.3) is 0 Å². The zero-order valence-corrected chi connectivity index (χ0v) is 11.0. The van der Waals surface area contributed by atoms with Crippen LogP contribution >= 0.6 is 0 Å². The molecule has 88 valence electrons. The first-order chi connectivity index (χ1) is 7.98. The summed E-state index contributed by atoms with van der Waals surface area (Å²) in [6.07, 6.45) is 4.49. The molecule has 0 radical (unpaired) electrons. The summed E-state index contributed by atoms with van der Waals surface area (Å²) in [6, 6.07) is 9.03. The first-order valence-corrected chi connectivity index (χ1v) is 6.30. The predicted octanol–water partition coefficient (Wildman–Crippen LogP) is 3.84. The minimum absolute atomic E-state index is 0.0996. The van der Waals surface area contributed by atoms with E-state index in [0.717, 1.165) is 0 Å². The Hall–Kier alpha value is -1.37. The van der Waals surface area contributed by atoms with Gasteiger partial charge in [0.15, 0.2) is 0 Å². The van der Waals surface area contributed by atoms with Crippen LogP contribution in [0, 0.1) is 5.41 Å². The van der Waals surface area contributed by atoms with Crippen LogP contribution in [-0.4, -0.2) is 11.8 Å². The summed E-state index contributed by atoms with van der Waals surface area (Å²) < 4.78 is 0. The van der Waals surface area contributed by atoms with Gasteiger partial charge in [0.05, 0.1) is 6.04 Å². The summed E-state index contributed by atoms with van der Waals surface area (Å²) in [6.45, 7) is 9.17. The highest BCUT2D eigenvalue weighted by atomic mass is 14.9. The van der Waals surface area contributed by atoms with Crippen molar-refractivity contribution in [2.45, 2.75) is 39.2 Å². The summed E-state index contributed by atoms with van der Waals surface area (Å²) in [5, 5.41) is 0. The first-order valence-electron chi connectivity index (χ1n) is 6.30. The summed E-state index contributed by atoms with van der Waals surface area (Å²) in [5.41, 5.74) is 4.29. The quantitative estimate of drug-likeness (QED) is 0.636. The van der Waals surface area contributed by atoms with Gasteiger partial charge >= 0.3 is 0 Å². The molecule has 0 amide bonds. The van der Waals surface area contributed by atoms with Crippen LogP contribution in [-0.2, 0) is 5.41 Å². The van der Waals surface area contributed by atoms with E-state index in [1.54, 1.807) is 0 Å². The average Bonchev–Trinajstić information content (AvgIpc) is 2.49. The van der Waals surface area contributed by atoms with Crippen LogP contribution in [0.5, 0.6) is 0 Å². The number of hydrogen-bond acceptors (Lipinski definition) is 1. The monoisotopic (exact) mass is 225 g/mol. The highest BCUT2D eigenvalue weighted by Crippen LogP contribution is 2.53. The molecule has 2 atom stereocenters. The van der Waals surface area contributed by atoms with Gasteiger partial charge in [0, 0.05) is 16.5 Å². The van der Waals surface area contributed by atoms with E-state index in [0.29, 0.717) is 6.04 Å². The second kappa shape index (κ2) is 3.10. The highest BCUT2D eigenvalue weighted by molar-refractivity contribution is 5.93. The van der Waals surface area contributed by atoms with Crippen LogP contribution in [0.2, 0.25) is 0 Å². The van der Waals surface area contributed by atoms with E-state index >= 15 is 0 Å². The Labute approximate surface area is 103 Å². The minimum Gasteiger partial charge on any atom is -0.285 e. The molecule has 0 saturated carbocycles. The van der Waals surface area contributed by atoms with Crippen molar-refractivity contribution in [2.75, 3.05) is 0 Å². The molecule has 2 aliphatic rings. The summed E-state index contributed by atoms with van der Waals surface area (Å²) in [7, 11) is 0. The van der Waals surface area contributed by atoms with Gasteiger partial charge in [0.2, 0.25) is 0 Å². The van der Waals surface area contributed by atoms with E-state index in [-0.39, 0.29) is 10.8 Å². The lowest BCUT2D eigenvalue weighted by molar-refractivity contribution is 0.269. The fourth-order valence-electron chi connectivity index (χ4n) is 3.29. The van der Waals surface area contributed by atoms with Gasteiger partial charge in [-0.2, -0.15) is 0 Å². The Balaban J connectivity index is 2.28. The maximum absolute atomic E-state index is 4.86. The Bertz CT molecular complexity index is 536. The van der Waals surface area contributed by atoms with Crippen molar-refractivity contribution in [1.29, 1.82) is 0 Å². The van der Waals surface area contributed by atoms with E-state index in [2.05, 4.69) is 64.1 Å². The molecule has 17 heavy (non-hydrogen) atoms. The smallest absolute Gasteiger partial charge is 0.0785 e. The molecule has 0 N–H and O–H groups in total. The summed E-state index contributed by atoms with van der Waals surface area (Å²) in [4.78, 5) is 4.86. The summed E-state index contributed by atoms with van der Waals surface area (Å²) in [5.74, 6) is 0. The Morgan fingerprint density at radius 3 is 2.59 bits per heavy atom. The summed E-state index contributed by atoms with van der Waals surface area (Å²) >= 11 is 0. The van der Waals surface area contributed by atoms with Gasteiger partial charge < -0.3 is 0 Å². The van der Waals surface area contributed by atoms with Crippen LogP contribution in [0.4, 0.5) is 0 Å². The lowest BCUT2D eigenvalue weighted by atomic mass is 9.57. The molecular formula is C16H19N. The van der Waals surface area contributed by atoms with E-state index < -0.39 is 0 Å². The molecule has 1 heteroatoms. The van der Waals surface area contributed by atoms with Crippen LogP contribution in [0.1, 0.15) is 38.8 Å². The molecule has 0 saturated heterocycles. The van der Waals surface area contributed by atoms with Crippen LogP contribution in [0.15, 0.2) is 35.3 Å². The van der Waals surface area contributed by atoms with E-state index in [4.69, 9.17) is 4.99 Å². The van der Waals surface area contributed by atoms with Gasteiger partial charge in [-0.3, -0.25) is 4.99 Å². The van der Waals surface area contributed by atoms with Crippen molar-refractivity contribution in [2.24, 2.45) is 10.4 Å². The van der Waals surface area contributed by atoms with Crippen molar-refractivity contribution in [3.63, 3.8) is 0 Å². The molecule has 0 fully saturated rings. The fourth-order valence-corrected chi connectivity index (χ4v) is 3.29. The standard InChI is InChI=1S/C16H19N/c1-11-15(2,3)16(4)13-8-6-5-7-12(13)9-10-14(16)17-11/h5-10,14H,1-4H3. The molecule has 0 aromatic heterocycles. The zero-order valence-electron chi connectivity index (χ0n) is 11.0. The number of fused-ring (bicyclic) bond motifs is 3. The first kappa shape index (κ1) is 10.8. The van der Waals surface area contributed by atoms with Crippen molar-refractivity contribution in [3.05, 3.63) is 41.5 Å². The molecule has 0 spiro atoms. The highest BCUT2D eigenvalue weighted by Gasteiger charge is 2.54. The second-order valence-electron chi connectivity index (χ2n) is 5.93. The lowest BCUT2D eigenvalue weighted by Crippen LogP contribution is -2.46. The molecular weight excluding hydrogens is 206 g/mol. The minimum atomic E-state index is 0.0996. The number of benzene rings is 1.